The van der Waals surface area contributed by atoms with E-state index in [-0.39, 0.29) is 24.7 Å². The lowest BCUT2D eigenvalue weighted by Crippen LogP contribution is -2.63. The van der Waals surface area contributed by atoms with Crippen molar-refractivity contribution in [2.24, 2.45) is 5.73 Å². The highest BCUT2D eigenvalue weighted by molar-refractivity contribution is 5.66. The Hall–Kier alpha value is -2.21. The normalized spacial score (nSPS) is 23.7. The number of carboxylic acids is 1. The molecule has 0 aromatic heterocycles. The van der Waals surface area contributed by atoms with Crippen molar-refractivity contribution in [3.05, 3.63) is 71.8 Å². The predicted molar refractivity (Wildman–Crippen MR) is 103 cm³/mol. The van der Waals surface area contributed by atoms with Crippen LogP contribution in [0.3, 0.4) is 0 Å². The molecule has 5 heteroatoms. The monoisotopic (exact) mass is 353 g/mol. The van der Waals surface area contributed by atoms with Gasteiger partial charge in [-0.25, -0.2) is 0 Å². The highest BCUT2D eigenvalue weighted by Crippen LogP contribution is 2.23. The smallest absolute Gasteiger partial charge is 0.303 e. The number of carbonyl (C=O) groups is 1. The van der Waals surface area contributed by atoms with Gasteiger partial charge in [-0.05, 0) is 24.0 Å². The van der Waals surface area contributed by atoms with Crippen molar-refractivity contribution < 1.29 is 9.90 Å². The van der Waals surface area contributed by atoms with Crippen LogP contribution in [-0.2, 0) is 11.2 Å². The molecule has 3 atom stereocenters. The summed E-state index contributed by atoms with van der Waals surface area (Å²) in [5, 5.41) is 12.6. The summed E-state index contributed by atoms with van der Waals surface area (Å²) in [5.74, 6) is -0.755. The predicted octanol–water partition coefficient (Wildman–Crippen LogP) is 2.39. The van der Waals surface area contributed by atoms with Crippen molar-refractivity contribution in [2.45, 2.75) is 37.5 Å². The van der Waals surface area contributed by atoms with Crippen LogP contribution in [0.4, 0.5) is 0 Å². The maximum atomic E-state index is 10.9. The van der Waals surface area contributed by atoms with E-state index in [2.05, 4.69) is 34.5 Å². The number of nitrogens with two attached hydrogens (primary N) is 1. The number of piperazine rings is 1. The molecule has 0 spiro atoms. The second-order valence-corrected chi connectivity index (χ2v) is 6.91. The van der Waals surface area contributed by atoms with Gasteiger partial charge in [0.25, 0.3) is 0 Å². The molecule has 1 heterocycles. The molecule has 0 amide bonds. The van der Waals surface area contributed by atoms with Gasteiger partial charge in [-0.3, -0.25) is 9.69 Å². The number of hydrogen-bond acceptors (Lipinski definition) is 4. The van der Waals surface area contributed by atoms with Crippen LogP contribution in [0.1, 0.15) is 30.0 Å². The van der Waals surface area contributed by atoms with Crippen LogP contribution in [-0.4, -0.2) is 41.3 Å². The molecule has 5 nitrogen and oxygen atoms in total. The number of aliphatic carboxylic acids is 1. The van der Waals surface area contributed by atoms with Crippen molar-refractivity contribution >= 4 is 5.97 Å². The van der Waals surface area contributed by atoms with E-state index in [0.717, 1.165) is 13.0 Å². The number of nitrogens with one attached hydrogen (secondary N) is 1. The Balaban J connectivity index is 1.74. The van der Waals surface area contributed by atoms with Crippen LogP contribution in [0.15, 0.2) is 60.7 Å². The van der Waals surface area contributed by atoms with E-state index in [9.17, 15) is 4.79 Å². The van der Waals surface area contributed by atoms with Crippen LogP contribution < -0.4 is 11.1 Å². The minimum absolute atomic E-state index is 0.112. The Morgan fingerprint density at radius 2 is 1.77 bits per heavy atom. The Kier molecular flexibility index (Phi) is 6.39. The van der Waals surface area contributed by atoms with Gasteiger partial charge in [-0.15, -0.1) is 0 Å². The zero-order chi connectivity index (χ0) is 18.4. The average Bonchev–Trinajstić information content (AvgIpc) is 2.66. The summed E-state index contributed by atoms with van der Waals surface area (Å²) in [6, 6.07) is 21.0. The molecule has 2 aromatic carbocycles. The molecule has 3 unspecified atom stereocenters. The van der Waals surface area contributed by atoms with Gasteiger partial charge in [-0.1, -0.05) is 60.7 Å². The van der Waals surface area contributed by atoms with Gasteiger partial charge < -0.3 is 16.2 Å². The van der Waals surface area contributed by atoms with Gasteiger partial charge in [0.15, 0.2) is 0 Å². The number of nitrogens with zero attached hydrogens (tertiary/aromatic N) is 1. The average molecular weight is 353 g/mol. The number of carboxylic acid groups (broad SMARTS) is 1. The van der Waals surface area contributed by atoms with Crippen LogP contribution in [0.2, 0.25) is 0 Å². The first-order valence-electron chi connectivity index (χ1n) is 9.20. The molecule has 0 saturated carbocycles. The van der Waals surface area contributed by atoms with E-state index in [1.807, 2.05) is 36.4 Å². The summed E-state index contributed by atoms with van der Waals surface area (Å²) in [5.41, 5.74) is 9.03. The van der Waals surface area contributed by atoms with Crippen molar-refractivity contribution in [1.29, 1.82) is 0 Å². The van der Waals surface area contributed by atoms with Crippen molar-refractivity contribution in [3.63, 3.8) is 0 Å². The fraction of sp³-hybridized carbons (Fsp3) is 0.381. The number of benzene rings is 2. The molecule has 0 radical (unpaired) electrons. The standard InChI is InChI=1S/C21H27N3O2/c22-21-18(14-16-8-3-1-4-9-16)23-19(17-10-5-2-6-11-17)15-24(21)13-7-12-20(25)26/h1-6,8-11,18-19,21,23H,7,12-15,22H2,(H,25,26). The molecule has 26 heavy (non-hydrogen) atoms. The van der Waals surface area contributed by atoms with E-state index in [0.29, 0.717) is 13.0 Å². The molecule has 4 N–H and O–H groups in total. The minimum Gasteiger partial charge on any atom is -0.481 e. The highest BCUT2D eigenvalue weighted by Gasteiger charge is 2.33. The van der Waals surface area contributed by atoms with Crippen LogP contribution >= 0.6 is 0 Å². The molecule has 0 bridgehead atoms. The maximum Gasteiger partial charge on any atom is 0.303 e. The largest absolute Gasteiger partial charge is 0.481 e. The summed E-state index contributed by atoms with van der Waals surface area (Å²) in [7, 11) is 0. The SMILES string of the molecule is NC1C(Cc2ccccc2)NC(c2ccccc2)CN1CCCC(=O)O. The maximum absolute atomic E-state index is 10.9. The quantitative estimate of drug-likeness (QED) is 0.712. The zero-order valence-electron chi connectivity index (χ0n) is 14.9. The topological polar surface area (TPSA) is 78.6 Å². The van der Waals surface area contributed by atoms with Crippen molar-refractivity contribution in [3.8, 4) is 0 Å². The van der Waals surface area contributed by atoms with Crippen LogP contribution in [0.25, 0.3) is 0 Å². The fourth-order valence-corrected chi connectivity index (χ4v) is 3.63. The van der Waals surface area contributed by atoms with Gasteiger partial charge in [0, 0.05) is 31.6 Å². The first-order chi connectivity index (χ1) is 12.6. The summed E-state index contributed by atoms with van der Waals surface area (Å²) in [6.45, 7) is 1.49. The van der Waals surface area contributed by atoms with Crippen LogP contribution in [0.5, 0.6) is 0 Å². The fourth-order valence-electron chi connectivity index (χ4n) is 3.63. The lowest BCUT2D eigenvalue weighted by atomic mass is 9.95. The van der Waals surface area contributed by atoms with Gasteiger partial charge >= 0.3 is 5.97 Å². The first kappa shape index (κ1) is 18.6. The Morgan fingerprint density at radius 1 is 1.12 bits per heavy atom. The summed E-state index contributed by atoms with van der Waals surface area (Å²) in [4.78, 5) is 13.1. The highest BCUT2D eigenvalue weighted by atomic mass is 16.4. The van der Waals surface area contributed by atoms with E-state index in [1.165, 1.54) is 11.1 Å². The third-order valence-corrected chi connectivity index (χ3v) is 5.00. The van der Waals surface area contributed by atoms with Crippen LogP contribution in [0, 0.1) is 0 Å². The van der Waals surface area contributed by atoms with E-state index >= 15 is 0 Å². The first-order valence-corrected chi connectivity index (χ1v) is 9.20. The molecule has 0 aliphatic carbocycles. The van der Waals surface area contributed by atoms with Crippen molar-refractivity contribution in [2.75, 3.05) is 13.1 Å². The third-order valence-electron chi connectivity index (χ3n) is 5.00. The van der Waals surface area contributed by atoms with E-state index in [4.69, 9.17) is 10.8 Å². The molecular weight excluding hydrogens is 326 g/mol. The summed E-state index contributed by atoms with van der Waals surface area (Å²) < 4.78 is 0. The van der Waals surface area contributed by atoms with E-state index in [1.54, 1.807) is 0 Å². The minimum atomic E-state index is -0.755. The Bertz CT molecular complexity index is 693. The Morgan fingerprint density at radius 3 is 2.42 bits per heavy atom. The Labute approximate surface area is 154 Å². The second kappa shape index (κ2) is 8.94. The van der Waals surface area contributed by atoms with Gasteiger partial charge in [0.05, 0.1) is 6.17 Å². The zero-order valence-corrected chi connectivity index (χ0v) is 14.9. The molecule has 1 saturated heterocycles. The second-order valence-electron chi connectivity index (χ2n) is 6.91. The molecule has 1 aliphatic heterocycles. The van der Waals surface area contributed by atoms with Gasteiger partial charge in [0.2, 0.25) is 0 Å². The molecule has 138 valence electrons. The summed E-state index contributed by atoms with van der Waals surface area (Å²) in [6.07, 6.45) is 1.50. The lowest BCUT2D eigenvalue weighted by molar-refractivity contribution is -0.137. The van der Waals surface area contributed by atoms with Crippen molar-refractivity contribution in [1.82, 2.24) is 10.2 Å². The molecule has 1 aliphatic rings. The number of rotatable bonds is 7. The van der Waals surface area contributed by atoms with E-state index < -0.39 is 5.97 Å². The summed E-state index contributed by atoms with van der Waals surface area (Å²) >= 11 is 0. The molecular formula is C21H27N3O2. The number of hydrogen-bond donors (Lipinski definition) is 3. The third kappa shape index (κ3) is 4.91. The molecule has 2 aromatic rings. The van der Waals surface area contributed by atoms with Gasteiger partial charge in [-0.2, -0.15) is 0 Å². The molecule has 3 rings (SSSR count). The lowest BCUT2D eigenvalue weighted by Gasteiger charge is -2.44. The van der Waals surface area contributed by atoms with Gasteiger partial charge in [0.1, 0.15) is 0 Å². The molecule has 1 fully saturated rings.